The number of sulfone groups is 1. The van der Waals surface area contributed by atoms with Gasteiger partial charge in [-0.3, -0.25) is 14.4 Å². The number of alkyl halides is 3. The zero-order valence-electron chi connectivity index (χ0n) is 24.1. The summed E-state index contributed by atoms with van der Waals surface area (Å²) < 4.78 is 87.9. The molecule has 2 bridgehead atoms. The number of hydrogen-bond donors (Lipinski definition) is 3. The number of anilines is 1. The quantitative estimate of drug-likeness (QED) is 0.322. The molecule has 3 N–H and O–H groups in total. The van der Waals surface area contributed by atoms with Gasteiger partial charge in [-0.2, -0.15) is 13.2 Å². The van der Waals surface area contributed by atoms with E-state index in [4.69, 9.17) is 9.47 Å². The molecule has 2 aromatic carbocycles. The Labute approximate surface area is 256 Å². The summed E-state index contributed by atoms with van der Waals surface area (Å²) in [5.74, 6) is -4.24. The SMILES string of the molecule is COc1cc(F)c(O[C@H]2CC[C@@H](C(=O)O)CC2)cc1C(=O)N[C@@H]1[C@H]2CC[C@H](C2)[C@@H]1C(=O)Nc1ccc(S(=O)(=O)C(F)(F)F)cc1. The maximum absolute atomic E-state index is 14.9. The summed E-state index contributed by atoms with van der Waals surface area (Å²) in [5, 5.41) is 14.8. The molecule has 0 radical (unpaired) electrons. The van der Waals surface area contributed by atoms with Crippen LogP contribution < -0.4 is 20.1 Å². The molecule has 0 aliphatic heterocycles. The van der Waals surface area contributed by atoms with Crippen molar-refractivity contribution in [3.63, 3.8) is 0 Å². The summed E-state index contributed by atoms with van der Waals surface area (Å²) >= 11 is 0. The predicted octanol–water partition coefficient (Wildman–Crippen LogP) is 4.93. The van der Waals surface area contributed by atoms with Gasteiger partial charge in [0.05, 0.1) is 35.5 Å². The molecule has 244 valence electrons. The van der Waals surface area contributed by atoms with E-state index < -0.39 is 67.8 Å². The highest BCUT2D eigenvalue weighted by Gasteiger charge is 2.52. The van der Waals surface area contributed by atoms with Crippen LogP contribution in [0.4, 0.5) is 23.2 Å². The second-order valence-electron chi connectivity index (χ2n) is 11.7. The van der Waals surface area contributed by atoms with Crippen molar-refractivity contribution in [2.45, 2.75) is 67.5 Å². The van der Waals surface area contributed by atoms with Crippen LogP contribution in [0.1, 0.15) is 55.3 Å². The van der Waals surface area contributed by atoms with E-state index in [-0.39, 0.29) is 34.6 Å². The number of carbonyl (C=O) groups is 3. The molecule has 10 nitrogen and oxygen atoms in total. The van der Waals surface area contributed by atoms with E-state index in [1.54, 1.807) is 0 Å². The van der Waals surface area contributed by atoms with Gasteiger partial charge in [0.2, 0.25) is 5.91 Å². The number of methoxy groups -OCH3 is 1. The highest BCUT2D eigenvalue weighted by molar-refractivity contribution is 7.92. The van der Waals surface area contributed by atoms with Gasteiger partial charge in [-0.1, -0.05) is 0 Å². The zero-order chi connectivity index (χ0) is 32.7. The molecule has 15 heteroatoms. The van der Waals surface area contributed by atoms with Gasteiger partial charge in [0.15, 0.2) is 11.6 Å². The van der Waals surface area contributed by atoms with Crippen LogP contribution in [-0.2, 0) is 19.4 Å². The van der Waals surface area contributed by atoms with E-state index in [1.165, 1.54) is 13.2 Å². The molecule has 3 aliphatic rings. The average molecular weight is 657 g/mol. The lowest BCUT2D eigenvalue weighted by atomic mass is 9.83. The Balaban J connectivity index is 1.30. The number of halogens is 4. The molecule has 0 saturated heterocycles. The number of carbonyl (C=O) groups excluding carboxylic acids is 2. The molecule has 0 heterocycles. The van der Waals surface area contributed by atoms with E-state index in [0.717, 1.165) is 43.2 Å². The minimum absolute atomic E-state index is 0.0171. The van der Waals surface area contributed by atoms with Gasteiger partial charge in [0, 0.05) is 17.8 Å². The zero-order valence-corrected chi connectivity index (χ0v) is 24.9. The van der Waals surface area contributed by atoms with Crippen LogP contribution in [0, 0.1) is 29.5 Å². The summed E-state index contributed by atoms with van der Waals surface area (Å²) in [4.78, 5) is 37.2. The minimum atomic E-state index is -5.54. The summed E-state index contributed by atoms with van der Waals surface area (Å²) in [6, 6.07) is 5.30. The second kappa shape index (κ2) is 12.5. The van der Waals surface area contributed by atoms with Gasteiger partial charge in [0.1, 0.15) is 5.75 Å². The molecule has 5 rings (SSSR count). The second-order valence-corrected chi connectivity index (χ2v) is 13.7. The first-order valence-electron chi connectivity index (χ1n) is 14.5. The molecule has 2 amide bonds. The van der Waals surface area contributed by atoms with E-state index in [2.05, 4.69) is 10.6 Å². The Morgan fingerprint density at radius 2 is 1.58 bits per heavy atom. The molecule has 0 spiro atoms. The van der Waals surface area contributed by atoms with E-state index >= 15 is 0 Å². The molecule has 4 atom stereocenters. The molecule has 3 saturated carbocycles. The molecule has 0 unspecified atom stereocenters. The first kappa shape index (κ1) is 32.5. The average Bonchev–Trinajstić information content (AvgIpc) is 3.60. The number of amides is 2. The van der Waals surface area contributed by atoms with Crippen molar-refractivity contribution in [3.05, 3.63) is 47.8 Å². The van der Waals surface area contributed by atoms with Crippen molar-refractivity contribution >= 4 is 33.3 Å². The van der Waals surface area contributed by atoms with Crippen molar-refractivity contribution < 1.29 is 54.9 Å². The largest absolute Gasteiger partial charge is 0.501 e. The van der Waals surface area contributed by atoms with Crippen molar-refractivity contribution in [1.29, 1.82) is 0 Å². The number of aliphatic carboxylic acids is 1. The highest BCUT2D eigenvalue weighted by atomic mass is 32.2. The van der Waals surface area contributed by atoms with Crippen LogP contribution in [-0.4, -0.2) is 56.1 Å². The Bertz CT molecular complexity index is 1570. The number of benzene rings is 2. The summed E-state index contributed by atoms with van der Waals surface area (Å²) in [5.41, 5.74) is -5.39. The summed E-state index contributed by atoms with van der Waals surface area (Å²) in [6.45, 7) is 0. The highest BCUT2D eigenvalue weighted by Crippen LogP contribution is 2.49. The number of carboxylic acids is 1. The van der Waals surface area contributed by atoms with E-state index in [9.17, 15) is 45.5 Å². The lowest BCUT2D eigenvalue weighted by Crippen LogP contribution is -2.48. The molecular weight excluding hydrogens is 624 g/mol. The van der Waals surface area contributed by atoms with Crippen molar-refractivity contribution in [1.82, 2.24) is 5.32 Å². The Morgan fingerprint density at radius 1 is 0.933 bits per heavy atom. The number of nitrogens with one attached hydrogen (secondary N) is 2. The first-order valence-corrected chi connectivity index (χ1v) is 16.0. The lowest BCUT2D eigenvalue weighted by Gasteiger charge is -2.31. The first-order chi connectivity index (χ1) is 21.2. The molecule has 0 aromatic heterocycles. The van der Waals surface area contributed by atoms with Crippen LogP contribution in [0.5, 0.6) is 11.5 Å². The van der Waals surface area contributed by atoms with Crippen LogP contribution >= 0.6 is 0 Å². The Hall–Kier alpha value is -3.88. The topological polar surface area (TPSA) is 148 Å². The minimum Gasteiger partial charge on any atom is -0.496 e. The number of hydrogen-bond acceptors (Lipinski definition) is 7. The van der Waals surface area contributed by atoms with Crippen LogP contribution in [0.3, 0.4) is 0 Å². The van der Waals surface area contributed by atoms with Crippen LogP contribution in [0.15, 0.2) is 41.3 Å². The smallest absolute Gasteiger partial charge is 0.496 e. The van der Waals surface area contributed by atoms with Gasteiger partial charge < -0.3 is 25.2 Å². The van der Waals surface area contributed by atoms with Crippen molar-refractivity contribution in [2.75, 3.05) is 12.4 Å². The Morgan fingerprint density at radius 3 is 2.18 bits per heavy atom. The fourth-order valence-corrected chi connectivity index (χ4v) is 7.52. The number of ether oxygens (including phenoxy) is 2. The fourth-order valence-electron chi connectivity index (χ4n) is 6.76. The molecule has 3 fully saturated rings. The third-order valence-corrected chi connectivity index (χ3v) is 10.6. The normalized spacial score (nSPS) is 26.2. The Kier molecular flexibility index (Phi) is 9.02. The van der Waals surface area contributed by atoms with Crippen LogP contribution in [0.25, 0.3) is 0 Å². The third-order valence-electron chi connectivity index (χ3n) is 9.07. The maximum atomic E-state index is 14.9. The van der Waals surface area contributed by atoms with Gasteiger partial charge in [0.25, 0.3) is 15.7 Å². The fraction of sp³-hybridized carbons (Fsp3) is 0.500. The molecule has 3 aliphatic carbocycles. The summed E-state index contributed by atoms with van der Waals surface area (Å²) in [6.07, 6.45) is 3.32. The van der Waals surface area contributed by atoms with Crippen molar-refractivity contribution in [3.8, 4) is 11.5 Å². The van der Waals surface area contributed by atoms with Crippen molar-refractivity contribution in [2.24, 2.45) is 23.7 Å². The molecule has 45 heavy (non-hydrogen) atoms. The van der Waals surface area contributed by atoms with Gasteiger partial charge in [-0.05, 0) is 87.1 Å². The maximum Gasteiger partial charge on any atom is 0.501 e. The van der Waals surface area contributed by atoms with Gasteiger partial charge in [-0.15, -0.1) is 0 Å². The number of rotatable bonds is 9. The standard InChI is InChI=1S/C30H32F4N2O8S/c1-43-23-14-22(31)24(44-19-8-4-15(5-9-19)29(39)40)13-21(23)27(37)36-26-17-3-2-16(12-17)25(26)28(38)35-18-6-10-20(11-7-18)45(41,42)30(32,33)34/h6-7,10-11,13-17,19,25-26H,2-5,8-9,12H2,1H3,(H,35,38)(H,36,37)(H,39,40)/t15-,16-,17+,19+,25+,26-/m1/s1. The predicted molar refractivity (Wildman–Crippen MR) is 151 cm³/mol. The lowest BCUT2D eigenvalue weighted by molar-refractivity contribution is -0.143. The third kappa shape index (κ3) is 6.58. The molecular formula is C30H32F4N2O8S. The van der Waals surface area contributed by atoms with Gasteiger partial charge >= 0.3 is 11.5 Å². The van der Waals surface area contributed by atoms with E-state index in [1.807, 2.05) is 0 Å². The monoisotopic (exact) mass is 656 g/mol. The summed E-state index contributed by atoms with van der Waals surface area (Å²) in [7, 11) is -4.27. The number of carboxylic acid groups (broad SMARTS) is 1. The van der Waals surface area contributed by atoms with Crippen LogP contribution in [0.2, 0.25) is 0 Å². The number of fused-ring (bicyclic) bond motifs is 2. The van der Waals surface area contributed by atoms with Gasteiger partial charge in [-0.25, -0.2) is 12.8 Å². The van der Waals surface area contributed by atoms with E-state index in [0.29, 0.717) is 32.1 Å². The molecule has 2 aromatic rings.